The van der Waals surface area contributed by atoms with Gasteiger partial charge >= 0.3 is 0 Å². The van der Waals surface area contributed by atoms with Crippen LogP contribution in [-0.4, -0.2) is 17.4 Å². The van der Waals surface area contributed by atoms with Gasteiger partial charge in [-0.05, 0) is 19.1 Å². The average Bonchev–Trinajstić information content (AvgIpc) is 2.48. The van der Waals surface area contributed by atoms with Gasteiger partial charge in [-0.3, -0.25) is 4.79 Å². The lowest BCUT2D eigenvalue weighted by Gasteiger charge is -2.10. The molecule has 110 valence electrons. The number of nitrogens with zero attached hydrogens (tertiary/aromatic N) is 1. The van der Waals surface area contributed by atoms with Crippen LogP contribution in [0.1, 0.15) is 22.8 Å². The summed E-state index contributed by atoms with van der Waals surface area (Å²) in [4.78, 5) is 15.9. The van der Waals surface area contributed by atoms with Gasteiger partial charge in [0.25, 0.3) is 5.91 Å². The van der Waals surface area contributed by atoms with Gasteiger partial charge in [0.15, 0.2) is 0 Å². The number of nitrogens with one attached hydrogen (secondary N) is 2. The molecule has 0 aliphatic heterocycles. The second kappa shape index (κ2) is 6.78. The van der Waals surface area contributed by atoms with Gasteiger partial charge in [0, 0.05) is 18.7 Å². The molecule has 0 radical (unpaired) electrons. The number of amides is 1. The van der Waals surface area contributed by atoms with Crippen molar-refractivity contribution in [2.45, 2.75) is 13.5 Å². The maximum Gasteiger partial charge on any atom is 0.255 e. The van der Waals surface area contributed by atoms with Crippen LogP contribution in [0.5, 0.6) is 0 Å². The molecule has 0 bridgehead atoms. The van der Waals surface area contributed by atoms with E-state index in [0.717, 1.165) is 12.3 Å². The van der Waals surface area contributed by atoms with Crippen molar-refractivity contribution in [2.24, 2.45) is 0 Å². The number of carbonyl (C=O) groups excluding carboxylic acids is 1. The molecule has 0 fully saturated rings. The first kappa shape index (κ1) is 14.9. The van der Waals surface area contributed by atoms with Crippen LogP contribution in [0, 0.1) is 11.6 Å². The lowest BCUT2D eigenvalue weighted by molar-refractivity contribution is 0.0950. The number of pyridine rings is 1. The van der Waals surface area contributed by atoms with Gasteiger partial charge < -0.3 is 10.6 Å². The normalized spacial score (nSPS) is 10.2. The Morgan fingerprint density at radius 2 is 2.05 bits per heavy atom. The van der Waals surface area contributed by atoms with Gasteiger partial charge in [-0.2, -0.15) is 0 Å². The van der Waals surface area contributed by atoms with Gasteiger partial charge in [-0.15, -0.1) is 0 Å². The fourth-order valence-corrected chi connectivity index (χ4v) is 1.83. The average molecular weight is 291 g/mol. The molecule has 0 saturated heterocycles. The molecule has 2 rings (SSSR count). The molecule has 4 nitrogen and oxygen atoms in total. The topological polar surface area (TPSA) is 54.0 Å². The molecule has 1 amide bonds. The van der Waals surface area contributed by atoms with Crippen molar-refractivity contribution in [1.82, 2.24) is 10.3 Å². The summed E-state index contributed by atoms with van der Waals surface area (Å²) in [7, 11) is 0. The van der Waals surface area contributed by atoms with Crippen molar-refractivity contribution in [3.05, 3.63) is 59.3 Å². The first-order valence-corrected chi connectivity index (χ1v) is 6.53. The monoisotopic (exact) mass is 291 g/mol. The summed E-state index contributed by atoms with van der Waals surface area (Å²) in [5.74, 6) is -1.22. The number of rotatable bonds is 5. The highest BCUT2D eigenvalue weighted by Gasteiger charge is 2.14. The van der Waals surface area contributed by atoms with Crippen molar-refractivity contribution < 1.29 is 13.6 Å². The molecule has 2 N–H and O–H groups in total. The molecule has 0 aliphatic carbocycles. The van der Waals surface area contributed by atoms with Gasteiger partial charge in [0.2, 0.25) is 0 Å². The number of hydrogen-bond donors (Lipinski definition) is 2. The third kappa shape index (κ3) is 3.75. The van der Waals surface area contributed by atoms with E-state index in [2.05, 4.69) is 15.6 Å². The number of hydrogen-bond acceptors (Lipinski definition) is 3. The largest absolute Gasteiger partial charge is 0.370 e. The number of halogens is 2. The summed E-state index contributed by atoms with van der Waals surface area (Å²) < 4.78 is 26.7. The molecule has 0 saturated carbocycles. The predicted molar refractivity (Wildman–Crippen MR) is 75.9 cm³/mol. The van der Waals surface area contributed by atoms with E-state index < -0.39 is 17.5 Å². The highest BCUT2D eigenvalue weighted by Crippen LogP contribution is 2.14. The molecule has 21 heavy (non-hydrogen) atoms. The Labute approximate surface area is 121 Å². The van der Waals surface area contributed by atoms with Crippen LogP contribution < -0.4 is 10.6 Å². The summed E-state index contributed by atoms with van der Waals surface area (Å²) in [6.45, 7) is 2.41. The predicted octanol–water partition coefficient (Wildman–Crippen LogP) is 2.72. The number of aromatic nitrogens is 1. The SMILES string of the molecule is CCNc1ncc(F)cc1C(=O)NCc1ccccc1F. The highest BCUT2D eigenvalue weighted by atomic mass is 19.1. The maximum absolute atomic E-state index is 13.5. The minimum absolute atomic E-state index is 0.0214. The summed E-state index contributed by atoms with van der Waals surface area (Å²) in [5, 5.41) is 5.44. The second-order valence-electron chi connectivity index (χ2n) is 4.35. The fourth-order valence-electron chi connectivity index (χ4n) is 1.83. The Bertz CT molecular complexity index is 647. The summed E-state index contributed by atoms with van der Waals surface area (Å²) in [5.41, 5.74) is 0.452. The molecule has 2 aromatic rings. The van der Waals surface area contributed by atoms with Crippen LogP contribution in [0.3, 0.4) is 0 Å². The lowest BCUT2D eigenvalue weighted by atomic mass is 10.2. The van der Waals surface area contributed by atoms with Crippen molar-refractivity contribution in [2.75, 3.05) is 11.9 Å². The third-order valence-corrected chi connectivity index (χ3v) is 2.84. The van der Waals surface area contributed by atoms with E-state index >= 15 is 0 Å². The number of anilines is 1. The minimum Gasteiger partial charge on any atom is -0.370 e. The Kier molecular flexibility index (Phi) is 4.81. The first-order chi connectivity index (χ1) is 10.1. The van der Waals surface area contributed by atoms with Crippen molar-refractivity contribution in [3.63, 3.8) is 0 Å². The molecule has 0 atom stereocenters. The smallest absolute Gasteiger partial charge is 0.255 e. The van der Waals surface area contributed by atoms with Crippen molar-refractivity contribution >= 4 is 11.7 Å². The summed E-state index contributed by atoms with van der Waals surface area (Å²) in [6, 6.07) is 7.24. The summed E-state index contributed by atoms with van der Waals surface area (Å²) in [6.07, 6.45) is 1.03. The van der Waals surface area contributed by atoms with E-state index in [9.17, 15) is 13.6 Å². The minimum atomic E-state index is -0.604. The van der Waals surface area contributed by atoms with Gasteiger partial charge in [-0.25, -0.2) is 13.8 Å². The van der Waals surface area contributed by atoms with E-state index in [1.54, 1.807) is 18.2 Å². The standard InChI is InChI=1S/C15H15F2N3O/c1-2-18-14-12(7-11(16)9-19-14)15(21)20-8-10-5-3-4-6-13(10)17/h3-7,9H,2,8H2,1H3,(H,18,19)(H,20,21). The number of benzene rings is 1. The Balaban J connectivity index is 2.13. The van der Waals surface area contributed by atoms with Gasteiger partial charge in [0.1, 0.15) is 17.5 Å². The molecule has 0 aliphatic rings. The quantitative estimate of drug-likeness (QED) is 0.890. The van der Waals surface area contributed by atoms with Crippen LogP contribution in [-0.2, 0) is 6.54 Å². The van der Waals surface area contributed by atoms with Gasteiger partial charge in [-0.1, -0.05) is 18.2 Å². The van der Waals surface area contributed by atoms with Crippen LogP contribution >= 0.6 is 0 Å². The Morgan fingerprint density at radius 3 is 2.76 bits per heavy atom. The van der Waals surface area contributed by atoms with Crippen LogP contribution in [0.25, 0.3) is 0 Å². The van der Waals surface area contributed by atoms with E-state index in [0.29, 0.717) is 17.9 Å². The summed E-state index contributed by atoms with van der Waals surface area (Å²) >= 11 is 0. The second-order valence-corrected chi connectivity index (χ2v) is 4.35. The van der Waals surface area contributed by atoms with Gasteiger partial charge in [0.05, 0.1) is 11.8 Å². The molecule has 0 spiro atoms. The van der Waals surface area contributed by atoms with Crippen molar-refractivity contribution in [1.29, 1.82) is 0 Å². The molecule has 6 heteroatoms. The molecule has 1 aromatic carbocycles. The zero-order chi connectivity index (χ0) is 15.2. The maximum atomic E-state index is 13.5. The highest BCUT2D eigenvalue weighted by molar-refractivity contribution is 5.98. The lowest BCUT2D eigenvalue weighted by Crippen LogP contribution is -2.25. The molecule has 1 aromatic heterocycles. The molecular formula is C15H15F2N3O. The van der Waals surface area contributed by atoms with Crippen molar-refractivity contribution in [3.8, 4) is 0 Å². The van der Waals surface area contributed by atoms with E-state index in [4.69, 9.17) is 0 Å². The fraction of sp³-hybridized carbons (Fsp3) is 0.200. The number of carbonyl (C=O) groups is 1. The zero-order valence-electron chi connectivity index (χ0n) is 11.5. The molecule has 0 unspecified atom stereocenters. The first-order valence-electron chi connectivity index (χ1n) is 6.53. The Hall–Kier alpha value is -2.50. The molecular weight excluding hydrogens is 276 g/mol. The van der Waals surface area contributed by atoms with E-state index in [-0.39, 0.29) is 12.1 Å². The zero-order valence-corrected chi connectivity index (χ0v) is 11.5. The van der Waals surface area contributed by atoms with Crippen LogP contribution in [0.2, 0.25) is 0 Å². The van der Waals surface area contributed by atoms with Crippen LogP contribution in [0.4, 0.5) is 14.6 Å². The van der Waals surface area contributed by atoms with E-state index in [1.807, 2.05) is 6.92 Å². The van der Waals surface area contributed by atoms with Crippen LogP contribution in [0.15, 0.2) is 36.5 Å². The Morgan fingerprint density at radius 1 is 1.29 bits per heavy atom. The third-order valence-electron chi connectivity index (χ3n) is 2.84. The molecule has 1 heterocycles. The van der Waals surface area contributed by atoms with E-state index in [1.165, 1.54) is 6.07 Å².